The Hall–Kier alpha value is -2.44. The van der Waals surface area contributed by atoms with Crippen molar-refractivity contribution in [1.82, 2.24) is 15.1 Å². The van der Waals surface area contributed by atoms with Crippen molar-refractivity contribution in [3.05, 3.63) is 23.3 Å². The summed E-state index contributed by atoms with van der Waals surface area (Å²) in [6.07, 6.45) is 0.310. The smallest absolute Gasteiger partial charge is 0.317 e. The Morgan fingerprint density at radius 3 is 2.12 bits per heavy atom. The molecule has 7 nitrogen and oxygen atoms in total. The summed E-state index contributed by atoms with van der Waals surface area (Å²) in [5.74, 6) is 1.34. The molecule has 26 heavy (non-hydrogen) atoms. The minimum atomic E-state index is -0.0668. The van der Waals surface area contributed by atoms with Gasteiger partial charge < -0.3 is 24.6 Å². The highest BCUT2D eigenvalue weighted by Gasteiger charge is 2.25. The molecule has 1 fully saturated rings. The van der Waals surface area contributed by atoms with Gasteiger partial charge >= 0.3 is 6.03 Å². The topological polar surface area (TPSA) is 71.1 Å². The van der Waals surface area contributed by atoms with Gasteiger partial charge in [-0.05, 0) is 44.0 Å². The molecule has 0 unspecified atom stereocenters. The SMILES string of the molecule is COc1cc(C)c(CC(=O)N2CCN(C(=O)NC(C)C)CC2)cc1OC. The second kappa shape index (κ2) is 8.78. The van der Waals surface area contributed by atoms with E-state index in [1.807, 2.05) is 37.8 Å². The van der Waals surface area contributed by atoms with Crippen molar-refractivity contribution in [1.29, 1.82) is 0 Å². The highest BCUT2D eigenvalue weighted by atomic mass is 16.5. The van der Waals surface area contributed by atoms with Crippen LogP contribution in [0.5, 0.6) is 11.5 Å². The number of carbonyl (C=O) groups excluding carboxylic acids is 2. The number of nitrogens with one attached hydrogen (secondary N) is 1. The summed E-state index contributed by atoms with van der Waals surface area (Å²) in [7, 11) is 3.18. The van der Waals surface area contributed by atoms with Crippen molar-refractivity contribution >= 4 is 11.9 Å². The van der Waals surface area contributed by atoms with Crippen molar-refractivity contribution in [2.24, 2.45) is 0 Å². The molecule has 1 aromatic carbocycles. The number of amides is 3. The molecule has 3 amide bonds. The number of urea groups is 1. The maximum absolute atomic E-state index is 12.7. The molecule has 1 aromatic rings. The lowest BCUT2D eigenvalue weighted by Crippen LogP contribution is -2.54. The molecule has 0 aliphatic carbocycles. The number of hydrogen-bond donors (Lipinski definition) is 1. The number of ether oxygens (including phenoxy) is 2. The summed E-state index contributed by atoms with van der Waals surface area (Å²) in [6, 6.07) is 3.78. The largest absolute Gasteiger partial charge is 0.493 e. The van der Waals surface area contributed by atoms with E-state index in [0.717, 1.165) is 11.1 Å². The molecule has 0 spiro atoms. The van der Waals surface area contributed by atoms with E-state index in [1.54, 1.807) is 19.1 Å². The zero-order valence-electron chi connectivity index (χ0n) is 16.3. The van der Waals surface area contributed by atoms with Crippen LogP contribution in [0.3, 0.4) is 0 Å². The molecular weight excluding hydrogens is 334 g/mol. The van der Waals surface area contributed by atoms with Crippen molar-refractivity contribution in [3.63, 3.8) is 0 Å². The van der Waals surface area contributed by atoms with Gasteiger partial charge in [-0.2, -0.15) is 0 Å². The van der Waals surface area contributed by atoms with E-state index in [-0.39, 0.29) is 18.0 Å². The van der Waals surface area contributed by atoms with E-state index in [9.17, 15) is 9.59 Å². The number of methoxy groups -OCH3 is 2. The predicted molar refractivity (Wildman–Crippen MR) is 99.8 cm³/mol. The Bertz CT molecular complexity index is 652. The summed E-state index contributed by atoms with van der Waals surface area (Å²) >= 11 is 0. The second-order valence-corrected chi connectivity index (χ2v) is 6.78. The van der Waals surface area contributed by atoms with Crippen LogP contribution < -0.4 is 14.8 Å². The fourth-order valence-electron chi connectivity index (χ4n) is 2.99. The molecule has 0 radical (unpaired) electrons. The van der Waals surface area contributed by atoms with Crippen molar-refractivity contribution < 1.29 is 19.1 Å². The summed E-state index contributed by atoms with van der Waals surface area (Å²) < 4.78 is 10.6. The number of rotatable bonds is 5. The zero-order valence-corrected chi connectivity index (χ0v) is 16.3. The minimum absolute atomic E-state index is 0.0595. The van der Waals surface area contributed by atoms with Gasteiger partial charge in [-0.3, -0.25) is 4.79 Å². The van der Waals surface area contributed by atoms with Crippen molar-refractivity contribution in [3.8, 4) is 11.5 Å². The van der Waals surface area contributed by atoms with Gasteiger partial charge in [0.2, 0.25) is 5.91 Å². The highest BCUT2D eigenvalue weighted by Crippen LogP contribution is 2.30. The number of carbonyl (C=O) groups is 2. The molecule has 0 bridgehead atoms. The molecule has 1 aliphatic heterocycles. The van der Waals surface area contributed by atoms with Crippen LogP contribution >= 0.6 is 0 Å². The lowest BCUT2D eigenvalue weighted by atomic mass is 10.0. The Balaban J connectivity index is 1.96. The number of nitrogens with zero attached hydrogens (tertiary/aromatic N) is 2. The van der Waals surface area contributed by atoms with Crippen LogP contribution in [0.1, 0.15) is 25.0 Å². The number of aryl methyl sites for hydroxylation is 1. The first kappa shape index (κ1) is 19.9. The van der Waals surface area contributed by atoms with E-state index < -0.39 is 0 Å². The molecular formula is C19H29N3O4. The third kappa shape index (κ3) is 4.80. The van der Waals surface area contributed by atoms with Crippen LogP contribution in [0.4, 0.5) is 4.79 Å². The van der Waals surface area contributed by atoms with Crippen molar-refractivity contribution in [2.45, 2.75) is 33.2 Å². The van der Waals surface area contributed by atoms with E-state index in [0.29, 0.717) is 44.1 Å². The highest BCUT2D eigenvalue weighted by molar-refractivity contribution is 5.80. The maximum Gasteiger partial charge on any atom is 0.317 e. The monoisotopic (exact) mass is 363 g/mol. The van der Waals surface area contributed by atoms with Crippen LogP contribution in [0.25, 0.3) is 0 Å². The van der Waals surface area contributed by atoms with Crippen LogP contribution in [0.15, 0.2) is 12.1 Å². The summed E-state index contributed by atoms with van der Waals surface area (Å²) in [5, 5.41) is 2.89. The fraction of sp³-hybridized carbons (Fsp3) is 0.579. The molecule has 1 saturated heterocycles. The molecule has 0 saturated carbocycles. The van der Waals surface area contributed by atoms with E-state index >= 15 is 0 Å². The van der Waals surface area contributed by atoms with Crippen LogP contribution in [0.2, 0.25) is 0 Å². The van der Waals surface area contributed by atoms with Crippen LogP contribution in [-0.2, 0) is 11.2 Å². The number of piperazine rings is 1. The lowest BCUT2D eigenvalue weighted by molar-refractivity contribution is -0.131. The average molecular weight is 363 g/mol. The van der Waals surface area contributed by atoms with E-state index in [1.165, 1.54) is 0 Å². The van der Waals surface area contributed by atoms with Gasteiger partial charge in [0.1, 0.15) is 0 Å². The second-order valence-electron chi connectivity index (χ2n) is 6.78. The normalized spacial score (nSPS) is 14.4. The quantitative estimate of drug-likeness (QED) is 0.866. The molecule has 2 rings (SSSR count). The van der Waals surface area contributed by atoms with Gasteiger partial charge in [-0.1, -0.05) is 0 Å². The lowest BCUT2D eigenvalue weighted by Gasteiger charge is -2.35. The molecule has 1 heterocycles. The third-order valence-corrected chi connectivity index (χ3v) is 4.52. The maximum atomic E-state index is 12.7. The first-order valence-electron chi connectivity index (χ1n) is 8.90. The predicted octanol–water partition coefficient (Wildman–Crippen LogP) is 1.82. The van der Waals surface area contributed by atoms with Gasteiger partial charge in [0.15, 0.2) is 11.5 Å². The Kier molecular flexibility index (Phi) is 6.71. The summed E-state index contributed by atoms with van der Waals surface area (Å²) in [5.41, 5.74) is 1.92. The molecule has 1 N–H and O–H groups in total. The van der Waals surface area contributed by atoms with Crippen molar-refractivity contribution in [2.75, 3.05) is 40.4 Å². The van der Waals surface area contributed by atoms with Gasteiger partial charge in [0.05, 0.1) is 20.6 Å². The molecule has 0 atom stereocenters. The number of benzene rings is 1. The zero-order chi connectivity index (χ0) is 19.3. The van der Waals surface area contributed by atoms with Gasteiger partial charge in [0, 0.05) is 32.2 Å². The fourth-order valence-corrected chi connectivity index (χ4v) is 2.99. The van der Waals surface area contributed by atoms with E-state index in [4.69, 9.17) is 9.47 Å². The molecule has 7 heteroatoms. The first-order chi connectivity index (χ1) is 12.3. The number of hydrogen-bond acceptors (Lipinski definition) is 4. The van der Waals surface area contributed by atoms with Gasteiger partial charge in [0.25, 0.3) is 0 Å². The van der Waals surface area contributed by atoms with E-state index in [2.05, 4.69) is 5.32 Å². The Morgan fingerprint density at radius 1 is 1.04 bits per heavy atom. The first-order valence-corrected chi connectivity index (χ1v) is 8.90. The summed E-state index contributed by atoms with van der Waals surface area (Å²) in [4.78, 5) is 28.3. The minimum Gasteiger partial charge on any atom is -0.493 e. The third-order valence-electron chi connectivity index (χ3n) is 4.52. The Morgan fingerprint density at radius 2 is 1.58 bits per heavy atom. The van der Waals surface area contributed by atoms with Crippen LogP contribution in [-0.4, -0.2) is 68.2 Å². The van der Waals surface area contributed by atoms with Crippen LogP contribution in [0, 0.1) is 6.92 Å². The van der Waals surface area contributed by atoms with Gasteiger partial charge in [-0.25, -0.2) is 4.79 Å². The average Bonchev–Trinajstić information content (AvgIpc) is 2.62. The molecule has 1 aliphatic rings. The molecule has 0 aromatic heterocycles. The Labute approximate surface area is 155 Å². The summed E-state index contributed by atoms with van der Waals surface area (Å²) in [6.45, 7) is 8.03. The van der Waals surface area contributed by atoms with Gasteiger partial charge in [-0.15, -0.1) is 0 Å². The molecule has 144 valence electrons. The standard InChI is InChI=1S/C19H29N3O4/c1-13(2)20-19(24)22-8-6-21(7-9-22)18(23)12-15-11-17(26-5)16(25-4)10-14(15)3/h10-11,13H,6-9,12H2,1-5H3,(H,20,24).